The number of aromatic nitrogens is 2. The summed E-state index contributed by atoms with van der Waals surface area (Å²) < 4.78 is 31.3. The second kappa shape index (κ2) is 6.37. The first-order valence-electron chi connectivity index (χ1n) is 8.77. The maximum atomic E-state index is 13.1. The minimum absolute atomic E-state index is 0.0553. The molecule has 4 rings (SSSR count). The molecule has 1 N–H and O–H groups in total. The van der Waals surface area contributed by atoms with Gasteiger partial charge >= 0.3 is 0 Å². The van der Waals surface area contributed by atoms with Gasteiger partial charge in [-0.1, -0.05) is 0 Å². The molecule has 0 radical (unpaired) electrons. The van der Waals surface area contributed by atoms with E-state index in [4.69, 9.17) is 4.74 Å². The van der Waals surface area contributed by atoms with E-state index in [1.54, 1.807) is 18.2 Å². The van der Waals surface area contributed by atoms with Crippen molar-refractivity contribution in [1.82, 2.24) is 14.9 Å². The molecule has 0 bridgehead atoms. The number of H-pyrrole nitrogens is 1. The first-order valence-corrected chi connectivity index (χ1v) is 8.77. The van der Waals surface area contributed by atoms with Gasteiger partial charge in [-0.2, -0.15) is 0 Å². The lowest BCUT2D eigenvalue weighted by Crippen LogP contribution is -2.58. The maximum Gasteiger partial charge on any atom is 0.295 e. The first-order chi connectivity index (χ1) is 12.1. The van der Waals surface area contributed by atoms with Gasteiger partial charge < -0.3 is 14.6 Å². The first kappa shape index (κ1) is 16.4. The van der Waals surface area contributed by atoms with E-state index in [2.05, 4.69) is 9.97 Å². The van der Waals surface area contributed by atoms with Crippen molar-refractivity contribution >= 4 is 16.9 Å². The number of aromatic amines is 1. The lowest BCUT2D eigenvalue weighted by atomic mass is 9.81. The zero-order valence-electron chi connectivity index (χ0n) is 13.9. The second-order valence-corrected chi connectivity index (χ2v) is 6.95. The lowest BCUT2D eigenvalue weighted by Gasteiger charge is -2.49. The van der Waals surface area contributed by atoms with Crippen LogP contribution in [0.5, 0.6) is 0 Å². The van der Waals surface area contributed by atoms with Crippen LogP contribution in [0, 0.1) is 0 Å². The van der Waals surface area contributed by atoms with Crippen LogP contribution in [0.2, 0.25) is 0 Å². The number of hydrogen-bond acceptors (Lipinski definition) is 3. The van der Waals surface area contributed by atoms with Crippen molar-refractivity contribution in [3.05, 3.63) is 29.6 Å². The number of carbonyl (C=O) groups excluding carboxylic acids is 1. The largest absolute Gasteiger partial charge is 0.379 e. The Kier molecular flexibility index (Phi) is 4.19. The van der Waals surface area contributed by atoms with Crippen LogP contribution in [0.25, 0.3) is 11.0 Å². The fraction of sp³-hybridized carbons (Fsp3) is 0.556. The van der Waals surface area contributed by atoms with Crippen LogP contribution in [-0.2, 0) is 4.74 Å². The summed E-state index contributed by atoms with van der Waals surface area (Å²) in [6, 6.07) is 4.92. The average Bonchev–Trinajstić information content (AvgIpc) is 3.06. The van der Waals surface area contributed by atoms with Gasteiger partial charge in [0.25, 0.3) is 12.3 Å². The molecule has 1 amide bonds. The van der Waals surface area contributed by atoms with Gasteiger partial charge in [0.2, 0.25) is 0 Å². The Hall–Kier alpha value is -2.02. The molecule has 1 atom stereocenters. The van der Waals surface area contributed by atoms with E-state index in [9.17, 15) is 13.6 Å². The topological polar surface area (TPSA) is 58.2 Å². The minimum atomic E-state index is -2.66. The standard InChI is InChI=1S/C18H21F2N3O2/c19-15(20)16-21-13-5-4-12(10-14(13)22-16)17(24)23-8-2-1-6-18(23)7-3-9-25-11-18/h4-5,10,15H,1-3,6-9,11H2,(H,21,22). The third kappa shape index (κ3) is 2.90. The zero-order chi connectivity index (χ0) is 17.4. The molecule has 1 aromatic carbocycles. The van der Waals surface area contributed by atoms with E-state index in [1.165, 1.54) is 0 Å². The third-order valence-electron chi connectivity index (χ3n) is 5.35. The van der Waals surface area contributed by atoms with Crippen molar-refractivity contribution < 1.29 is 18.3 Å². The number of nitrogens with zero attached hydrogens (tertiary/aromatic N) is 2. The number of alkyl halides is 2. The molecule has 1 aromatic heterocycles. The second-order valence-electron chi connectivity index (χ2n) is 6.95. The van der Waals surface area contributed by atoms with Gasteiger partial charge in [-0.25, -0.2) is 13.8 Å². The fourth-order valence-corrected chi connectivity index (χ4v) is 4.08. The molecule has 2 aliphatic rings. The van der Waals surface area contributed by atoms with E-state index in [0.717, 1.165) is 38.7 Å². The van der Waals surface area contributed by atoms with Crippen molar-refractivity contribution in [2.45, 2.75) is 44.1 Å². The summed E-state index contributed by atoms with van der Waals surface area (Å²) in [5, 5.41) is 0. The number of ether oxygens (including phenoxy) is 1. The Bertz CT molecular complexity index is 775. The number of hydrogen-bond donors (Lipinski definition) is 1. The van der Waals surface area contributed by atoms with Crippen LogP contribution >= 0.6 is 0 Å². The number of fused-ring (bicyclic) bond motifs is 1. The van der Waals surface area contributed by atoms with Crippen LogP contribution in [0.3, 0.4) is 0 Å². The van der Waals surface area contributed by atoms with Crippen LogP contribution in [0.15, 0.2) is 18.2 Å². The summed E-state index contributed by atoms with van der Waals surface area (Å²) in [7, 11) is 0. The summed E-state index contributed by atoms with van der Waals surface area (Å²) >= 11 is 0. The van der Waals surface area contributed by atoms with Crippen LogP contribution < -0.4 is 0 Å². The van der Waals surface area contributed by atoms with Gasteiger partial charge in [0.15, 0.2) is 5.82 Å². The molecule has 2 fully saturated rings. The minimum Gasteiger partial charge on any atom is -0.379 e. The highest BCUT2D eigenvalue weighted by Gasteiger charge is 2.43. The Balaban J connectivity index is 1.65. The Morgan fingerprint density at radius 1 is 1.28 bits per heavy atom. The Morgan fingerprint density at radius 2 is 2.12 bits per heavy atom. The van der Waals surface area contributed by atoms with E-state index in [0.29, 0.717) is 29.7 Å². The number of halogens is 2. The molecule has 1 spiro atoms. The van der Waals surface area contributed by atoms with Gasteiger partial charge in [-0.15, -0.1) is 0 Å². The molecule has 0 saturated carbocycles. The quantitative estimate of drug-likeness (QED) is 0.900. The summed E-state index contributed by atoms with van der Waals surface area (Å²) in [4.78, 5) is 21.6. The van der Waals surface area contributed by atoms with Crippen LogP contribution in [-0.4, -0.2) is 46.1 Å². The Labute approximate surface area is 144 Å². The summed E-state index contributed by atoms with van der Waals surface area (Å²) in [6.45, 7) is 2.05. The number of nitrogens with one attached hydrogen (secondary N) is 1. The lowest BCUT2D eigenvalue weighted by molar-refractivity contribution is -0.0548. The highest BCUT2D eigenvalue weighted by Crippen LogP contribution is 2.36. The highest BCUT2D eigenvalue weighted by atomic mass is 19.3. The van der Waals surface area contributed by atoms with Crippen molar-refractivity contribution in [2.24, 2.45) is 0 Å². The molecular weight excluding hydrogens is 328 g/mol. The molecule has 7 heteroatoms. The van der Waals surface area contributed by atoms with Gasteiger partial charge in [0.05, 0.1) is 23.2 Å². The smallest absolute Gasteiger partial charge is 0.295 e. The van der Waals surface area contributed by atoms with Gasteiger partial charge in [-0.05, 0) is 50.3 Å². The molecule has 2 aromatic rings. The summed E-state index contributed by atoms with van der Waals surface area (Å²) in [5.74, 6) is -0.421. The van der Waals surface area contributed by atoms with Gasteiger partial charge in [0.1, 0.15) is 0 Å². The summed E-state index contributed by atoms with van der Waals surface area (Å²) in [6.07, 6.45) is 2.30. The molecular formula is C18H21F2N3O2. The molecule has 5 nitrogen and oxygen atoms in total. The Morgan fingerprint density at radius 3 is 2.88 bits per heavy atom. The predicted molar refractivity (Wildman–Crippen MR) is 88.7 cm³/mol. The predicted octanol–water partition coefficient (Wildman–Crippen LogP) is 3.68. The molecule has 2 aliphatic heterocycles. The normalized spacial score (nSPS) is 24.4. The van der Waals surface area contributed by atoms with Gasteiger partial charge in [0, 0.05) is 18.7 Å². The number of benzene rings is 1. The van der Waals surface area contributed by atoms with Crippen LogP contribution in [0.1, 0.15) is 54.7 Å². The molecule has 134 valence electrons. The number of imidazole rings is 1. The van der Waals surface area contributed by atoms with E-state index in [-0.39, 0.29) is 17.3 Å². The maximum absolute atomic E-state index is 13.1. The molecule has 0 aliphatic carbocycles. The van der Waals surface area contributed by atoms with Crippen molar-refractivity contribution in [2.75, 3.05) is 19.8 Å². The van der Waals surface area contributed by atoms with E-state index < -0.39 is 6.43 Å². The number of carbonyl (C=O) groups is 1. The zero-order valence-corrected chi connectivity index (χ0v) is 13.9. The third-order valence-corrected chi connectivity index (χ3v) is 5.35. The highest BCUT2D eigenvalue weighted by molar-refractivity contribution is 5.98. The number of likely N-dealkylation sites (tertiary alicyclic amines) is 1. The SMILES string of the molecule is O=C(c1ccc2nc(C(F)F)[nH]c2c1)N1CCCCC12CCCOC2. The van der Waals surface area contributed by atoms with Crippen molar-refractivity contribution in [1.29, 1.82) is 0 Å². The average molecular weight is 349 g/mol. The summed E-state index contributed by atoms with van der Waals surface area (Å²) in [5.41, 5.74) is 1.20. The number of amides is 1. The van der Waals surface area contributed by atoms with E-state index in [1.807, 2.05) is 4.90 Å². The molecule has 1 unspecified atom stereocenters. The molecule has 25 heavy (non-hydrogen) atoms. The van der Waals surface area contributed by atoms with Crippen molar-refractivity contribution in [3.63, 3.8) is 0 Å². The molecule has 2 saturated heterocycles. The number of piperidine rings is 1. The monoisotopic (exact) mass is 349 g/mol. The van der Waals surface area contributed by atoms with Gasteiger partial charge in [-0.3, -0.25) is 4.79 Å². The van der Waals surface area contributed by atoms with Crippen molar-refractivity contribution in [3.8, 4) is 0 Å². The fourth-order valence-electron chi connectivity index (χ4n) is 4.08. The number of rotatable bonds is 2. The van der Waals surface area contributed by atoms with E-state index >= 15 is 0 Å². The molecule has 3 heterocycles. The van der Waals surface area contributed by atoms with Crippen LogP contribution in [0.4, 0.5) is 8.78 Å².